The molecule has 1 unspecified atom stereocenters. The highest BCUT2D eigenvalue weighted by Crippen LogP contribution is 2.41. The molecule has 0 bridgehead atoms. The van der Waals surface area contributed by atoms with Gasteiger partial charge in [-0.05, 0) is 53.8 Å². The van der Waals surface area contributed by atoms with Crippen LogP contribution in [0.2, 0.25) is 5.02 Å². The Morgan fingerprint density at radius 1 is 1.35 bits per heavy atom. The molecule has 0 aromatic carbocycles. The average molecular weight is 351 g/mol. The lowest BCUT2D eigenvalue weighted by atomic mass is 10.2. The molecule has 1 N–H and O–H groups in total. The summed E-state index contributed by atoms with van der Waals surface area (Å²) in [5.74, 6) is 0. The first-order valence-electron chi connectivity index (χ1n) is 5.21. The maximum Gasteiger partial charge on any atom is 0.0789 e. The van der Waals surface area contributed by atoms with E-state index in [2.05, 4.69) is 39.6 Å². The van der Waals surface area contributed by atoms with E-state index in [0.717, 1.165) is 15.1 Å². The summed E-state index contributed by atoms with van der Waals surface area (Å²) in [4.78, 5) is 3.78. The molecule has 17 heavy (non-hydrogen) atoms. The van der Waals surface area contributed by atoms with Gasteiger partial charge in [0.2, 0.25) is 0 Å². The summed E-state index contributed by atoms with van der Waals surface area (Å²) in [6.45, 7) is 4.16. The maximum absolute atomic E-state index is 6.35. The Kier molecular flexibility index (Phi) is 4.31. The molecule has 0 amide bonds. The van der Waals surface area contributed by atoms with Crippen LogP contribution in [0.25, 0.3) is 0 Å². The van der Waals surface area contributed by atoms with Crippen LogP contribution in [0.3, 0.4) is 0 Å². The zero-order valence-corrected chi connectivity index (χ0v) is 13.8. The van der Waals surface area contributed by atoms with Gasteiger partial charge in [0.1, 0.15) is 0 Å². The van der Waals surface area contributed by atoms with Crippen molar-refractivity contribution in [2.45, 2.75) is 19.9 Å². The molecule has 2 aromatic heterocycles. The van der Waals surface area contributed by atoms with E-state index in [1.54, 1.807) is 22.7 Å². The molecule has 5 heteroatoms. The minimum atomic E-state index is 0.175. The quantitative estimate of drug-likeness (QED) is 0.807. The van der Waals surface area contributed by atoms with Crippen molar-refractivity contribution in [1.29, 1.82) is 0 Å². The number of rotatable bonds is 3. The molecule has 0 fully saturated rings. The van der Waals surface area contributed by atoms with Crippen LogP contribution in [-0.4, -0.2) is 7.05 Å². The SMILES string of the molecule is CNC(c1sc(C)cc1Br)c1scc(C)c1Cl. The second kappa shape index (κ2) is 5.41. The zero-order valence-electron chi connectivity index (χ0n) is 9.80. The molecule has 2 rings (SSSR count). The maximum atomic E-state index is 6.35. The molecular weight excluding hydrogens is 338 g/mol. The molecule has 1 nitrogen and oxygen atoms in total. The first-order valence-corrected chi connectivity index (χ1v) is 8.08. The van der Waals surface area contributed by atoms with Crippen molar-refractivity contribution < 1.29 is 0 Å². The zero-order chi connectivity index (χ0) is 12.6. The molecule has 0 radical (unpaired) electrons. The van der Waals surface area contributed by atoms with Gasteiger partial charge in [0.25, 0.3) is 0 Å². The summed E-state index contributed by atoms with van der Waals surface area (Å²) >= 11 is 13.5. The van der Waals surface area contributed by atoms with Crippen LogP contribution < -0.4 is 5.32 Å². The Balaban J connectivity index is 2.47. The third-order valence-electron chi connectivity index (χ3n) is 2.57. The monoisotopic (exact) mass is 349 g/mol. The van der Waals surface area contributed by atoms with Crippen molar-refractivity contribution in [1.82, 2.24) is 5.32 Å². The van der Waals surface area contributed by atoms with Crippen molar-refractivity contribution in [3.05, 3.63) is 41.1 Å². The van der Waals surface area contributed by atoms with Crippen molar-refractivity contribution in [2.75, 3.05) is 7.05 Å². The molecule has 1 atom stereocenters. The van der Waals surface area contributed by atoms with Crippen LogP contribution in [0.1, 0.15) is 26.2 Å². The fourth-order valence-corrected chi connectivity index (χ4v) is 5.22. The van der Waals surface area contributed by atoms with Gasteiger partial charge < -0.3 is 5.32 Å². The molecule has 0 saturated heterocycles. The highest BCUT2D eigenvalue weighted by atomic mass is 79.9. The second-order valence-electron chi connectivity index (χ2n) is 3.89. The van der Waals surface area contributed by atoms with Crippen LogP contribution in [0.15, 0.2) is 15.9 Å². The minimum absolute atomic E-state index is 0.175. The number of halogens is 2. The topological polar surface area (TPSA) is 12.0 Å². The Morgan fingerprint density at radius 3 is 2.47 bits per heavy atom. The second-order valence-corrected chi connectivity index (χ2v) is 7.32. The molecular formula is C12H13BrClNS2. The molecule has 0 aliphatic heterocycles. The van der Waals surface area contributed by atoms with E-state index >= 15 is 0 Å². The lowest BCUT2D eigenvalue weighted by molar-refractivity contribution is 0.713. The Hall–Kier alpha value is 0.130. The molecule has 0 saturated carbocycles. The Morgan fingerprint density at radius 2 is 2.06 bits per heavy atom. The van der Waals surface area contributed by atoms with Gasteiger partial charge >= 0.3 is 0 Å². The number of nitrogens with one attached hydrogen (secondary N) is 1. The van der Waals surface area contributed by atoms with Gasteiger partial charge in [-0.1, -0.05) is 11.6 Å². The van der Waals surface area contributed by atoms with Crippen LogP contribution >= 0.6 is 50.2 Å². The molecule has 2 heterocycles. The average Bonchev–Trinajstić information content (AvgIpc) is 2.77. The minimum Gasteiger partial charge on any atom is -0.308 e. The summed E-state index contributed by atoms with van der Waals surface area (Å²) in [7, 11) is 1.97. The van der Waals surface area contributed by atoms with Crippen molar-refractivity contribution in [3.63, 3.8) is 0 Å². The highest BCUT2D eigenvalue weighted by molar-refractivity contribution is 9.10. The van der Waals surface area contributed by atoms with E-state index in [0.29, 0.717) is 0 Å². The lowest BCUT2D eigenvalue weighted by Gasteiger charge is -2.14. The number of hydrogen-bond acceptors (Lipinski definition) is 3. The van der Waals surface area contributed by atoms with Crippen molar-refractivity contribution >= 4 is 50.2 Å². The summed E-state index contributed by atoms with van der Waals surface area (Å²) in [6.07, 6.45) is 0. The number of aryl methyl sites for hydroxylation is 2. The van der Waals surface area contributed by atoms with E-state index in [4.69, 9.17) is 11.6 Å². The van der Waals surface area contributed by atoms with Gasteiger partial charge in [-0.25, -0.2) is 0 Å². The van der Waals surface area contributed by atoms with Gasteiger partial charge in [0.15, 0.2) is 0 Å². The fraction of sp³-hybridized carbons (Fsp3) is 0.333. The summed E-state index contributed by atoms with van der Waals surface area (Å²) < 4.78 is 1.15. The Labute approximate surface area is 123 Å². The van der Waals surface area contributed by atoms with Crippen LogP contribution in [-0.2, 0) is 0 Å². The van der Waals surface area contributed by atoms with Crippen LogP contribution in [0, 0.1) is 13.8 Å². The smallest absolute Gasteiger partial charge is 0.0789 e. The number of thiophene rings is 2. The molecule has 92 valence electrons. The van der Waals surface area contributed by atoms with Crippen molar-refractivity contribution in [3.8, 4) is 0 Å². The van der Waals surface area contributed by atoms with Crippen LogP contribution in [0.5, 0.6) is 0 Å². The predicted molar refractivity (Wildman–Crippen MR) is 81.7 cm³/mol. The third-order valence-corrected chi connectivity index (χ3v) is 6.39. The van der Waals surface area contributed by atoms with Gasteiger partial charge in [-0.3, -0.25) is 0 Å². The van der Waals surface area contributed by atoms with E-state index in [1.165, 1.54) is 14.6 Å². The Bertz CT molecular complexity index is 531. The first-order chi connectivity index (χ1) is 8.04. The van der Waals surface area contributed by atoms with E-state index < -0.39 is 0 Å². The highest BCUT2D eigenvalue weighted by Gasteiger charge is 2.22. The van der Waals surface area contributed by atoms with Gasteiger partial charge in [-0.2, -0.15) is 0 Å². The standard InChI is InChI=1S/C12H13BrClNS2/c1-6-5-16-12(9(6)14)10(15-3)11-8(13)4-7(2)17-11/h4-5,10,15H,1-3H3. The van der Waals surface area contributed by atoms with Crippen LogP contribution in [0.4, 0.5) is 0 Å². The molecule has 0 aliphatic rings. The lowest BCUT2D eigenvalue weighted by Crippen LogP contribution is -2.16. The van der Waals surface area contributed by atoms with Gasteiger partial charge in [0.05, 0.1) is 11.1 Å². The number of hydrogen-bond donors (Lipinski definition) is 1. The van der Waals surface area contributed by atoms with Gasteiger partial charge in [-0.15, -0.1) is 22.7 Å². The summed E-state index contributed by atoms with van der Waals surface area (Å²) in [6, 6.07) is 2.33. The predicted octanol–water partition coefficient (Wildman–Crippen LogP) is 5.15. The summed E-state index contributed by atoms with van der Waals surface area (Å²) in [5.41, 5.74) is 1.15. The molecule has 0 aliphatic carbocycles. The molecule has 0 spiro atoms. The fourth-order valence-electron chi connectivity index (χ4n) is 1.72. The third kappa shape index (κ3) is 2.61. The van der Waals surface area contributed by atoms with Gasteiger partial charge in [0, 0.05) is 19.1 Å². The van der Waals surface area contributed by atoms with Crippen molar-refractivity contribution in [2.24, 2.45) is 0 Å². The summed E-state index contributed by atoms with van der Waals surface area (Å²) in [5, 5.41) is 6.34. The van der Waals surface area contributed by atoms with E-state index in [1.807, 2.05) is 14.0 Å². The largest absolute Gasteiger partial charge is 0.308 e. The molecule has 2 aromatic rings. The van der Waals surface area contributed by atoms with E-state index in [9.17, 15) is 0 Å². The normalized spacial score (nSPS) is 13.0. The van der Waals surface area contributed by atoms with E-state index in [-0.39, 0.29) is 6.04 Å². The first kappa shape index (κ1) is 13.6.